The molecule has 1 aromatic rings. The first-order valence-corrected chi connectivity index (χ1v) is 8.38. The summed E-state index contributed by atoms with van der Waals surface area (Å²) in [6.45, 7) is 9.11. The standard InChI is InChI=1S/C18H30N2/c1-3-12-19-15-17-9-5-6-10-18(17)20-13-7-8-16(4-2)11-14-20/h5-6,9-10,16,19H,3-4,7-8,11-15H2,1-2H3. The highest BCUT2D eigenvalue weighted by Crippen LogP contribution is 2.26. The van der Waals surface area contributed by atoms with Gasteiger partial charge in [0.25, 0.3) is 0 Å². The zero-order valence-electron chi connectivity index (χ0n) is 13.2. The van der Waals surface area contributed by atoms with Crippen LogP contribution in [0.5, 0.6) is 0 Å². The van der Waals surface area contributed by atoms with Crippen molar-refractivity contribution in [1.29, 1.82) is 0 Å². The number of nitrogens with one attached hydrogen (secondary N) is 1. The van der Waals surface area contributed by atoms with Crippen molar-refractivity contribution >= 4 is 5.69 Å². The minimum atomic E-state index is 0.936. The Labute approximate surface area is 124 Å². The van der Waals surface area contributed by atoms with Gasteiger partial charge in [0.2, 0.25) is 0 Å². The molecule has 0 amide bonds. The van der Waals surface area contributed by atoms with Gasteiger partial charge in [-0.1, -0.05) is 38.5 Å². The molecule has 1 atom stereocenters. The maximum Gasteiger partial charge on any atom is 0.0411 e. The van der Waals surface area contributed by atoms with Gasteiger partial charge in [-0.2, -0.15) is 0 Å². The van der Waals surface area contributed by atoms with E-state index in [1.807, 2.05) is 0 Å². The minimum Gasteiger partial charge on any atom is -0.371 e. The molecule has 0 spiro atoms. The van der Waals surface area contributed by atoms with Gasteiger partial charge in [0.05, 0.1) is 0 Å². The van der Waals surface area contributed by atoms with Crippen molar-refractivity contribution in [3.63, 3.8) is 0 Å². The summed E-state index contributed by atoms with van der Waals surface area (Å²) < 4.78 is 0. The van der Waals surface area contributed by atoms with Gasteiger partial charge in [-0.3, -0.25) is 0 Å². The Bertz CT molecular complexity index is 389. The lowest BCUT2D eigenvalue weighted by molar-refractivity contribution is 0.459. The first kappa shape index (κ1) is 15.4. The summed E-state index contributed by atoms with van der Waals surface area (Å²) in [4.78, 5) is 2.61. The number of para-hydroxylation sites is 1. The van der Waals surface area contributed by atoms with Crippen LogP contribution in [0.4, 0.5) is 5.69 Å². The van der Waals surface area contributed by atoms with E-state index in [0.29, 0.717) is 0 Å². The number of nitrogens with zero attached hydrogens (tertiary/aromatic N) is 1. The molecule has 2 heteroatoms. The van der Waals surface area contributed by atoms with E-state index in [-0.39, 0.29) is 0 Å². The van der Waals surface area contributed by atoms with Gasteiger partial charge in [0, 0.05) is 25.3 Å². The van der Waals surface area contributed by atoms with Gasteiger partial charge < -0.3 is 10.2 Å². The predicted molar refractivity (Wildman–Crippen MR) is 88.3 cm³/mol. The highest BCUT2D eigenvalue weighted by atomic mass is 15.1. The molecule has 1 saturated heterocycles. The third kappa shape index (κ3) is 4.24. The predicted octanol–water partition coefficient (Wildman–Crippen LogP) is 4.20. The lowest BCUT2D eigenvalue weighted by Crippen LogP contribution is -2.26. The summed E-state index contributed by atoms with van der Waals surface area (Å²) in [5.74, 6) is 0.936. The fourth-order valence-electron chi connectivity index (χ4n) is 3.18. The van der Waals surface area contributed by atoms with E-state index >= 15 is 0 Å². The Morgan fingerprint density at radius 1 is 1.15 bits per heavy atom. The molecular formula is C18H30N2. The first-order chi connectivity index (χ1) is 9.85. The van der Waals surface area contributed by atoms with Gasteiger partial charge in [0.15, 0.2) is 0 Å². The number of anilines is 1. The number of benzene rings is 1. The number of rotatable bonds is 6. The molecule has 1 aromatic carbocycles. The topological polar surface area (TPSA) is 15.3 Å². The Hall–Kier alpha value is -1.02. The number of hydrogen-bond donors (Lipinski definition) is 1. The van der Waals surface area contributed by atoms with Crippen LogP contribution in [0, 0.1) is 5.92 Å². The molecule has 0 saturated carbocycles. The van der Waals surface area contributed by atoms with Crippen LogP contribution in [0.1, 0.15) is 51.5 Å². The highest BCUT2D eigenvalue weighted by Gasteiger charge is 2.17. The Balaban J connectivity index is 2.03. The van der Waals surface area contributed by atoms with E-state index in [2.05, 4.69) is 48.3 Å². The molecule has 1 aliphatic heterocycles. The molecule has 0 aliphatic carbocycles. The van der Waals surface area contributed by atoms with Gasteiger partial charge in [0.1, 0.15) is 0 Å². The second-order valence-corrected chi connectivity index (χ2v) is 6.00. The molecule has 112 valence electrons. The minimum absolute atomic E-state index is 0.936. The van der Waals surface area contributed by atoms with Crippen LogP contribution in [0.15, 0.2) is 24.3 Å². The maximum absolute atomic E-state index is 3.54. The van der Waals surface area contributed by atoms with E-state index < -0.39 is 0 Å². The zero-order chi connectivity index (χ0) is 14.2. The third-order valence-electron chi connectivity index (χ3n) is 4.50. The molecule has 1 heterocycles. The molecular weight excluding hydrogens is 244 g/mol. The Kier molecular flexibility index (Phi) is 6.38. The van der Waals surface area contributed by atoms with Gasteiger partial charge in [-0.05, 0) is 49.8 Å². The van der Waals surface area contributed by atoms with E-state index in [9.17, 15) is 0 Å². The second-order valence-electron chi connectivity index (χ2n) is 6.00. The van der Waals surface area contributed by atoms with Gasteiger partial charge in [-0.15, -0.1) is 0 Å². The lowest BCUT2D eigenvalue weighted by Gasteiger charge is -2.26. The lowest BCUT2D eigenvalue weighted by atomic mass is 9.98. The molecule has 1 aliphatic rings. The quantitative estimate of drug-likeness (QED) is 0.782. The molecule has 1 unspecified atom stereocenters. The second kappa shape index (κ2) is 8.31. The van der Waals surface area contributed by atoms with E-state index in [0.717, 1.165) is 19.0 Å². The summed E-state index contributed by atoms with van der Waals surface area (Å²) in [6.07, 6.45) is 6.64. The van der Waals surface area contributed by atoms with Crippen molar-refractivity contribution in [1.82, 2.24) is 5.32 Å². The van der Waals surface area contributed by atoms with Crippen LogP contribution in [-0.2, 0) is 6.54 Å². The molecule has 2 rings (SSSR count). The zero-order valence-corrected chi connectivity index (χ0v) is 13.2. The van der Waals surface area contributed by atoms with E-state index in [1.54, 1.807) is 0 Å². The average molecular weight is 274 g/mol. The fourth-order valence-corrected chi connectivity index (χ4v) is 3.18. The SMILES string of the molecule is CCCNCc1ccccc1N1CCCC(CC)CC1. The molecule has 2 nitrogen and oxygen atoms in total. The monoisotopic (exact) mass is 274 g/mol. The molecule has 20 heavy (non-hydrogen) atoms. The molecule has 0 bridgehead atoms. The van der Waals surface area contributed by atoms with Crippen LogP contribution in [0.2, 0.25) is 0 Å². The summed E-state index contributed by atoms with van der Waals surface area (Å²) in [6, 6.07) is 8.93. The normalized spacial score (nSPS) is 19.9. The van der Waals surface area contributed by atoms with Crippen LogP contribution in [-0.4, -0.2) is 19.6 Å². The summed E-state index contributed by atoms with van der Waals surface area (Å²) in [7, 11) is 0. The molecule has 0 aromatic heterocycles. The first-order valence-electron chi connectivity index (χ1n) is 8.38. The summed E-state index contributed by atoms with van der Waals surface area (Å²) >= 11 is 0. The van der Waals surface area contributed by atoms with Crippen LogP contribution < -0.4 is 10.2 Å². The van der Waals surface area contributed by atoms with Gasteiger partial charge >= 0.3 is 0 Å². The molecule has 1 N–H and O–H groups in total. The fraction of sp³-hybridized carbons (Fsp3) is 0.667. The number of hydrogen-bond acceptors (Lipinski definition) is 2. The maximum atomic E-state index is 3.54. The smallest absolute Gasteiger partial charge is 0.0411 e. The van der Waals surface area contributed by atoms with Crippen molar-refractivity contribution < 1.29 is 0 Å². The van der Waals surface area contributed by atoms with E-state index in [1.165, 1.54) is 56.4 Å². The molecule has 1 fully saturated rings. The van der Waals surface area contributed by atoms with Gasteiger partial charge in [-0.25, -0.2) is 0 Å². The molecule has 0 radical (unpaired) electrons. The average Bonchev–Trinajstić information content (AvgIpc) is 2.73. The van der Waals surface area contributed by atoms with Crippen LogP contribution in [0.25, 0.3) is 0 Å². The highest BCUT2D eigenvalue weighted by molar-refractivity contribution is 5.53. The van der Waals surface area contributed by atoms with Crippen molar-refractivity contribution in [3.05, 3.63) is 29.8 Å². The van der Waals surface area contributed by atoms with Crippen LogP contribution in [0.3, 0.4) is 0 Å². The van der Waals surface area contributed by atoms with Crippen molar-refractivity contribution in [2.45, 2.75) is 52.5 Å². The Morgan fingerprint density at radius 3 is 2.80 bits per heavy atom. The van der Waals surface area contributed by atoms with Crippen molar-refractivity contribution in [2.24, 2.45) is 5.92 Å². The third-order valence-corrected chi connectivity index (χ3v) is 4.50. The van der Waals surface area contributed by atoms with Crippen LogP contribution >= 0.6 is 0 Å². The largest absolute Gasteiger partial charge is 0.371 e. The Morgan fingerprint density at radius 2 is 2.00 bits per heavy atom. The van der Waals surface area contributed by atoms with Crippen molar-refractivity contribution in [2.75, 3.05) is 24.5 Å². The summed E-state index contributed by atoms with van der Waals surface area (Å²) in [5.41, 5.74) is 2.91. The summed E-state index contributed by atoms with van der Waals surface area (Å²) in [5, 5.41) is 3.54. The van der Waals surface area contributed by atoms with Crippen molar-refractivity contribution in [3.8, 4) is 0 Å². The van der Waals surface area contributed by atoms with E-state index in [4.69, 9.17) is 0 Å².